The van der Waals surface area contributed by atoms with Gasteiger partial charge < -0.3 is 0 Å². The highest BCUT2D eigenvalue weighted by atomic mass is 28.3. The molecule has 0 radical (unpaired) electrons. The summed E-state index contributed by atoms with van der Waals surface area (Å²) in [4.78, 5) is 4.70. The molecule has 118 valence electrons. The van der Waals surface area contributed by atoms with Gasteiger partial charge in [-0.1, -0.05) is 81.4 Å². The summed E-state index contributed by atoms with van der Waals surface area (Å²) in [5.74, 6) is 0. The van der Waals surface area contributed by atoms with Gasteiger partial charge >= 0.3 is 0 Å². The van der Waals surface area contributed by atoms with Crippen molar-refractivity contribution >= 4 is 24.0 Å². The van der Waals surface area contributed by atoms with E-state index in [1.807, 2.05) is 12.3 Å². The topological polar surface area (TPSA) is 12.9 Å². The minimum atomic E-state index is -1.48. The SMILES string of the molecule is CC[Si](CC)(CC)c1ccc2ccccc2c1-c1ccccn1. The van der Waals surface area contributed by atoms with E-state index in [1.54, 1.807) is 5.19 Å². The molecule has 0 N–H and O–H groups in total. The standard InChI is InChI=1S/C21H25NSi/c1-4-23(5-2,6-3)20-15-14-17-11-7-8-12-18(17)21(20)19-13-9-10-16-22-19/h7-16H,4-6H2,1-3H3. The molecule has 0 saturated heterocycles. The smallest absolute Gasteiger partial charge is 0.0868 e. The molecule has 0 spiro atoms. The Balaban J connectivity index is 2.39. The van der Waals surface area contributed by atoms with Crippen molar-refractivity contribution in [2.45, 2.75) is 38.9 Å². The number of rotatable bonds is 5. The Morgan fingerprint density at radius 2 is 1.48 bits per heavy atom. The average molecular weight is 320 g/mol. The second kappa shape index (κ2) is 6.67. The first-order valence-corrected chi connectivity index (χ1v) is 11.3. The van der Waals surface area contributed by atoms with Gasteiger partial charge in [-0.3, -0.25) is 4.98 Å². The van der Waals surface area contributed by atoms with Crippen LogP contribution in [0.4, 0.5) is 0 Å². The predicted molar refractivity (Wildman–Crippen MR) is 104 cm³/mol. The first kappa shape index (κ1) is 15.9. The minimum absolute atomic E-state index is 1.12. The van der Waals surface area contributed by atoms with E-state index in [9.17, 15) is 0 Å². The molecule has 0 bridgehead atoms. The van der Waals surface area contributed by atoms with Crippen molar-refractivity contribution in [2.75, 3.05) is 0 Å². The van der Waals surface area contributed by atoms with E-state index in [1.165, 1.54) is 34.5 Å². The molecule has 2 aromatic carbocycles. The van der Waals surface area contributed by atoms with Crippen LogP contribution in [0.2, 0.25) is 18.1 Å². The lowest BCUT2D eigenvalue weighted by Crippen LogP contribution is -2.46. The summed E-state index contributed by atoms with van der Waals surface area (Å²) in [6.07, 6.45) is 1.91. The number of aromatic nitrogens is 1. The number of nitrogens with zero attached hydrogens (tertiary/aromatic N) is 1. The molecule has 2 heteroatoms. The van der Waals surface area contributed by atoms with E-state index in [4.69, 9.17) is 4.98 Å². The molecule has 0 unspecified atom stereocenters. The summed E-state index contributed by atoms with van der Waals surface area (Å²) in [6.45, 7) is 7.11. The maximum atomic E-state index is 4.70. The van der Waals surface area contributed by atoms with E-state index in [2.05, 4.69) is 69.3 Å². The van der Waals surface area contributed by atoms with Gasteiger partial charge in [0.25, 0.3) is 0 Å². The van der Waals surface area contributed by atoms with Gasteiger partial charge in [-0.15, -0.1) is 0 Å². The van der Waals surface area contributed by atoms with E-state index >= 15 is 0 Å². The van der Waals surface area contributed by atoms with E-state index in [-0.39, 0.29) is 0 Å². The van der Waals surface area contributed by atoms with Crippen molar-refractivity contribution in [3.05, 3.63) is 60.8 Å². The van der Waals surface area contributed by atoms with Crippen molar-refractivity contribution < 1.29 is 0 Å². The first-order chi connectivity index (χ1) is 11.3. The molecule has 3 aromatic rings. The molecule has 0 aliphatic carbocycles. The lowest BCUT2D eigenvalue weighted by Gasteiger charge is -2.31. The van der Waals surface area contributed by atoms with Gasteiger partial charge in [0.15, 0.2) is 0 Å². The van der Waals surface area contributed by atoms with Crippen molar-refractivity contribution in [2.24, 2.45) is 0 Å². The number of pyridine rings is 1. The highest BCUT2D eigenvalue weighted by Gasteiger charge is 2.32. The van der Waals surface area contributed by atoms with Gasteiger partial charge in [-0.25, -0.2) is 0 Å². The van der Waals surface area contributed by atoms with Crippen LogP contribution in [0.3, 0.4) is 0 Å². The first-order valence-electron chi connectivity index (χ1n) is 8.69. The maximum absolute atomic E-state index is 4.70. The summed E-state index contributed by atoms with van der Waals surface area (Å²) >= 11 is 0. The highest BCUT2D eigenvalue weighted by molar-refractivity contribution is 6.92. The van der Waals surface area contributed by atoms with Crippen LogP contribution in [0.1, 0.15) is 20.8 Å². The molecule has 3 rings (SSSR count). The molecule has 1 nitrogen and oxygen atoms in total. The fraction of sp³-hybridized carbons (Fsp3) is 0.286. The molecule has 0 atom stereocenters. The van der Waals surface area contributed by atoms with E-state index < -0.39 is 8.07 Å². The third-order valence-electron chi connectivity index (χ3n) is 5.45. The van der Waals surface area contributed by atoms with E-state index in [0.29, 0.717) is 0 Å². The fourth-order valence-electron chi connectivity index (χ4n) is 3.82. The monoisotopic (exact) mass is 319 g/mol. The molecule has 0 aliphatic rings. The Hall–Kier alpha value is -1.93. The molecule has 1 heterocycles. The van der Waals surface area contributed by atoms with Crippen LogP contribution in [0.5, 0.6) is 0 Å². The average Bonchev–Trinajstić information content (AvgIpc) is 2.64. The number of benzene rings is 2. The number of hydrogen-bond acceptors (Lipinski definition) is 1. The second-order valence-electron chi connectivity index (χ2n) is 6.27. The fourth-order valence-corrected chi connectivity index (χ4v) is 7.69. The highest BCUT2D eigenvalue weighted by Crippen LogP contribution is 2.31. The Labute approximate surface area is 140 Å². The van der Waals surface area contributed by atoms with Gasteiger partial charge in [0.05, 0.1) is 13.8 Å². The van der Waals surface area contributed by atoms with Crippen LogP contribution in [-0.2, 0) is 0 Å². The summed E-state index contributed by atoms with van der Waals surface area (Å²) in [6, 6.07) is 23.6. The Morgan fingerprint density at radius 1 is 0.783 bits per heavy atom. The summed E-state index contributed by atoms with van der Waals surface area (Å²) in [5, 5.41) is 4.24. The van der Waals surface area contributed by atoms with Gasteiger partial charge in [0.1, 0.15) is 0 Å². The molecule has 23 heavy (non-hydrogen) atoms. The third-order valence-corrected chi connectivity index (χ3v) is 11.1. The van der Waals surface area contributed by atoms with Gasteiger partial charge in [0, 0.05) is 11.8 Å². The lowest BCUT2D eigenvalue weighted by atomic mass is 10.0. The Morgan fingerprint density at radius 3 is 2.13 bits per heavy atom. The van der Waals surface area contributed by atoms with E-state index in [0.717, 1.165) is 5.69 Å². The predicted octanol–water partition coefficient (Wildman–Crippen LogP) is 5.62. The van der Waals surface area contributed by atoms with Crippen LogP contribution < -0.4 is 5.19 Å². The molecular weight excluding hydrogens is 294 g/mol. The second-order valence-corrected chi connectivity index (χ2v) is 11.5. The number of fused-ring (bicyclic) bond motifs is 1. The molecule has 0 saturated carbocycles. The lowest BCUT2D eigenvalue weighted by molar-refractivity contribution is 1.19. The molecule has 1 aromatic heterocycles. The van der Waals surface area contributed by atoms with Crippen LogP contribution in [0, 0.1) is 0 Å². The maximum Gasteiger partial charge on any atom is 0.0868 e. The zero-order valence-corrected chi connectivity index (χ0v) is 15.3. The summed E-state index contributed by atoms with van der Waals surface area (Å²) < 4.78 is 0. The molecule has 0 amide bonds. The van der Waals surface area contributed by atoms with Crippen molar-refractivity contribution in [1.29, 1.82) is 0 Å². The van der Waals surface area contributed by atoms with Crippen LogP contribution >= 0.6 is 0 Å². The van der Waals surface area contributed by atoms with Crippen molar-refractivity contribution in [1.82, 2.24) is 4.98 Å². The van der Waals surface area contributed by atoms with Gasteiger partial charge in [-0.05, 0) is 28.1 Å². The largest absolute Gasteiger partial charge is 0.256 e. The molecule has 0 aliphatic heterocycles. The molecule has 0 fully saturated rings. The van der Waals surface area contributed by atoms with Crippen molar-refractivity contribution in [3.8, 4) is 11.3 Å². The zero-order chi connectivity index (χ0) is 16.3. The third kappa shape index (κ3) is 2.72. The Bertz CT molecular complexity index is 783. The normalized spacial score (nSPS) is 11.8. The quantitative estimate of drug-likeness (QED) is 0.556. The van der Waals surface area contributed by atoms with Crippen LogP contribution in [0.15, 0.2) is 60.8 Å². The number of hydrogen-bond donors (Lipinski definition) is 0. The van der Waals surface area contributed by atoms with Gasteiger partial charge in [0.2, 0.25) is 0 Å². The summed E-state index contributed by atoms with van der Waals surface area (Å²) in [5.41, 5.74) is 2.49. The van der Waals surface area contributed by atoms with Crippen molar-refractivity contribution in [3.63, 3.8) is 0 Å². The minimum Gasteiger partial charge on any atom is -0.256 e. The van der Waals surface area contributed by atoms with Gasteiger partial charge in [-0.2, -0.15) is 0 Å². The zero-order valence-electron chi connectivity index (χ0n) is 14.3. The van der Waals surface area contributed by atoms with Crippen LogP contribution in [-0.4, -0.2) is 13.1 Å². The molecular formula is C21H25NSi. The Kier molecular flexibility index (Phi) is 4.62. The summed E-state index contributed by atoms with van der Waals surface area (Å²) in [7, 11) is -1.48. The van der Waals surface area contributed by atoms with Crippen LogP contribution in [0.25, 0.3) is 22.0 Å².